The predicted octanol–water partition coefficient (Wildman–Crippen LogP) is 2.78. The molecule has 1 saturated heterocycles. The summed E-state index contributed by atoms with van der Waals surface area (Å²) in [4.78, 5) is 14.4. The molecule has 18 heavy (non-hydrogen) atoms. The van der Waals surface area contributed by atoms with Crippen molar-refractivity contribution in [1.82, 2.24) is 4.90 Å². The fraction of sp³-hybridized carbons (Fsp3) is 0.533. The normalized spacial score (nSPS) is 18.3. The van der Waals surface area contributed by atoms with E-state index >= 15 is 0 Å². The van der Waals surface area contributed by atoms with Crippen molar-refractivity contribution in [3.8, 4) is 0 Å². The first-order valence-corrected chi connectivity index (χ1v) is 6.78. The first-order chi connectivity index (χ1) is 8.83. The molecule has 1 fully saturated rings. The second-order valence-electron chi connectivity index (χ2n) is 4.66. The number of carbonyl (C=O) groups is 1. The molecule has 1 heterocycles. The SMILES string of the molecule is CCOC(=O)C(c1ccccc1)N1CCCCC1. The van der Waals surface area contributed by atoms with Crippen molar-refractivity contribution in [3.63, 3.8) is 0 Å². The number of esters is 1. The maximum Gasteiger partial charge on any atom is 0.327 e. The minimum absolute atomic E-state index is 0.120. The van der Waals surface area contributed by atoms with Gasteiger partial charge in [-0.05, 0) is 38.4 Å². The summed E-state index contributed by atoms with van der Waals surface area (Å²) in [6.07, 6.45) is 3.60. The second kappa shape index (κ2) is 6.55. The first-order valence-electron chi connectivity index (χ1n) is 6.78. The molecule has 1 aromatic carbocycles. The van der Waals surface area contributed by atoms with E-state index in [2.05, 4.69) is 4.90 Å². The van der Waals surface area contributed by atoms with E-state index in [1.165, 1.54) is 19.3 Å². The van der Waals surface area contributed by atoms with Gasteiger partial charge in [0.15, 0.2) is 0 Å². The lowest BCUT2D eigenvalue weighted by molar-refractivity contribution is -0.150. The van der Waals surface area contributed by atoms with Gasteiger partial charge < -0.3 is 4.74 Å². The van der Waals surface area contributed by atoms with Crippen LogP contribution in [0.3, 0.4) is 0 Å². The van der Waals surface area contributed by atoms with E-state index in [0.717, 1.165) is 18.7 Å². The number of carbonyl (C=O) groups excluding carboxylic acids is 1. The van der Waals surface area contributed by atoms with E-state index in [-0.39, 0.29) is 12.0 Å². The van der Waals surface area contributed by atoms with Crippen molar-refractivity contribution in [3.05, 3.63) is 35.9 Å². The van der Waals surface area contributed by atoms with Crippen LogP contribution in [0, 0.1) is 0 Å². The summed E-state index contributed by atoms with van der Waals surface area (Å²) in [6.45, 7) is 4.27. The van der Waals surface area contributed by atoms with Crippen LogP contribution in [0.4, 0.5) is 0 Å². The Morgan fingerprint density at radius 3 is 2.50 bits per heavy atom. The van der Waals surface area contributed by atoms with Crippen LogP contribution < -0.4 is 0 Å². The zero-order valence-corrected chi connectivity index (χ0v) is 11.0. The number of nitrogens with zero attached hydrogens (tertiary/aromatic N) is 1. The number of hydrogen-bond donors (Lipinski definition) is 0. The molecule has 1 unspecified atom stereocenters. The second-order valence-corrected chi connectivity index (χ2v) is 4.66. The summed E-state index contributed by atoms with van der Waals surface area (Å²) in [6, 6.07) is 9.72. The van der Waals surface area contributed by atoms with Crippen LogP contribution in [0.25, 0.3) is 0 Å². The lowest BCUT2D eigenvalue weighted by Gasteiger charge is -2.33. The van der Waals surface area contributed by atoms with Gasteiger partial charge in [-0.15, -0.1) is 0 Å². The van der Waals surface area contributed by atoms with E-state index in [1.807, 2.05) is 37.3 Å². The third-order valence-corrected chi connectivity index (χ3v) is 3.38. The molecule has 1 atom stereocenters. The minimum atomic E-state index is -0.230. The lowest BCUT2D eigenvalue weighted by atomic mass is 10.0. The highest BCUT2D eigenvalue weighted by Crippen LogP contribution is 2.25. The molecule has 3 heteroatoms. The Balaban J connectivity index is 2.19. The van der Waals surface area contributed by atoms with Gasteiger partial charge in [0.05, 0.1) is 6.61 Å². The molecule has 2 rings (SSSR count). The van der Waals surface area contributed by atoms with Crippen LogP contribution in [-0.4, -0.2) is 30.6 Å². The minimum Gasteiger partial charge on any atom is -0.465 e. The third kappa shape index (κ3) is 3.10. The number of rotatable bonds is 4. The molecule has 98 valence electrons. The van der Waals surface area contributed by atoms with Gasteiger partial charge in [-0.2, -0.15) is 0 Å². The Labute approximate surface area is 109 Å². The van der Waals surface area contributed by atoms with E-state index in [1.54, 1.807) is 0 Å². The van der Waals surface area contributed by atoms with E-state index in [9.17, 15) is 4.79 Å². The largest absolute Gasteiger partial charge is 0.465 e. The van der Waals surface area contributed by atoms with Crippen molar-refractivity contribution in [2.75, 3.05) is 19.7 Å². The molecule has 3 nitrogen and oxygen atoms in total. The van der Waals surface area contributed by atoms with Gasteiger partial charge in [0.25, 0.3) is 0 Å². The van der Waals surface area contributed by atoms with E-state index in [0.29, 0.717) is 6.61 Å². The highest BCUT2D eigenvalue weighted by atomic mass is 16.5. The number of likely N-dealkylation sites (tertiary alicyclic amines) is 1. The summed E-state index contributed by atoms with van der Waals surface area (Å²) in [5.41, 5.74) is 1.04. The van der Waals surface area contributed by atoms with Crippen LogP contribution in [-0.2, 0) is 9.53 Å². The molecule has 0 radical (unpaired) electrons. The Bertz CT molecular complexity index is 371. The summed E-state index contributed by atoms with van der Waals surface area (Å²) in [5.74, 6) is -0.120. The maximum atomic E-state index is 12.2. The number of piperidine rings is 1. The van der Waals surface area contributed by atoms with Gasteiger partial charge in [0.1, 0.15) is 6.04 Å². The van der Waals surface area contributed by atoms with Crippen LogP contribution >= 0.6 is 0 Å². The zero-order chi connectivity index (χ0) is 12.8. The van der Waals surface area contributed by atoms with Crippen molar-refractivity contribution >= 4 is 5.97 Å². The molecule has 0 bridgehead atoms. The molecule has 0 saturated carbocycles. The molecule has 0 aromatic heterocycles. The molecule has 1 aromatic rings. The fourth-order valence-corrected chi connectivity index (χ4v) is 2.53. The Kier molecular flexibility index (Phi) is 4.76. The molecule has 0 N–H and O–H groups in total. The summed E-state index contributed by atoms with van der Waals surface area (Å²) < 4.78 is 5.23. The molecule has 0 spiro atoms. The summed E-state index contributed by atoms with van der Waals surface area (Å²) in [7, 11) is 0. The van der Waals surface area contributed by atoms with Gasteiger partial charge in [-0.25, -0.2) is 4.79 Å². The Morgan fingerprint density at radius 2 is 1.89 bits per heavy atom. The number of hydrogen-bond acceptors (Lipinski definition) is 3. The quantitative estimate of drug-likeness (QED) is 0.766. The van der Waals surface area contributed by atoms with Gasteiger partial charge >= 0.3 is 5.97 Å². The molecular weight excluding hydrogens is 226 g/mol. The fourth-order valence-electron chi connectivity index (χ4n) is 2.53. The first kappa shape index (κ1) is 13.1. The van der Waals surface area contributed by atoms with Gasteiger partial charge in [0.2, 0.25) is 0 Å². The molecule has 0 amide bonds. The smallest absolute Gasteiger partial charge is 0.327 e. The average molecular weight is 247 g/mol. The van der Waals surface area contributed by atoms with E-state index < -0.39 is 0 Å². The van der Waals surface area contributed by atoms with Crippen molar-refractivity contribution in [2.45, 2.75) is 32.2 Å². The third-order valence-electron chi connectivity index (χ3n) is 3.38. The average Bonchev–Trinajstić information content (AvgIpc) is 2.42. The van der Waals surface area contributed by atoms with E-state index in [4.69, 9.17) is 4.74 Å². The molecule has 0 aliphatic carbocycles. The number of ether oxygens (including phenoxy) is 1. The van der Waals surface area contributed by atoms with Crippen LogP contribution in [0.5, 0.6) is 0 Å². The highest BCUT2D eigenvalue weighted by Gasteiger charge is 2.29. The topological polar surface area (TPSA) is 29.5 Å². The highest BCUT2D eigenvalue weighted by molar-refractivity contribution is 5.77. The zero-order valence-electron chi connectivity index (χ0n) is 11.0. The van der Waals surface area contributed by atoms with Gasteiger partial charge in [0, 0.05) is 0 Å². The molecule has 1 aliphatic heterocycles. The predicted molar refractivity (Wildman–Crippen MR) is 71.2 cm³/mol. The standard InChI is InChI=1S/C15H21NO2/c1-2-18-15(17)14(13-9-5-3-6-10-13)16-11-7-4-8-12-16/h3,5-6,9-10,14H,2,4,7-8,11-12H2,1H3. The van der Waals surface area contributed by atoms with Crippen molar-refractivity contribution in [1.29, 1.82) is 0 Å². The summed E-state index contributed by atoms with van der Waals surface area (Å²) in [5, 5.41) is 0. The molecule has 1 aliphatic rings. The van der Waals surface area contributed by atoms with Crippen LogP contribution in [0.2, 0.25) is 0 Å². The Morgan fingerprint density at radius 1 is 1.22 bits per heavy atom. The number of benzene rings is 1. The van der Waals surface area contributed by atoms with Crippen LogP contribution in [0.15, 0.2) is 30.3 Å². The van der Waals surface area contributed by atoms with Crippen LogP contribution in [0.1, 0.15) is 37.8 Å². The summed E-state index contributed by atoms with van der Waals surface area (Å²) >= 11 is 0. The monoisotopic (exact) mass is 247 g/mol. The Hall–Kier alpha value is -1.35. The maximum absolute atomic E-state index is 12.2. The van der Waals surface area contributed by atoms with Crippen molar-refractivity contribution < 1.29 is 9.53 Å². The lowest BCUT2D eigenvalue weighted by Crippen LogP contribution is -2.38. The van der Waals surface area contributed by atoms with Gasteiger partial charge in [-0.1, -0.05) is 36.8 Å². The van der Waals surface area contributed by atoms with Gasteiger partial charge in [-0.3, -0.25) is 4.90 Å². The van der Waals surface area contributed by atoms with Crippen molar-refractivity contribution in [2.24, 2.45) is 0 Å². The molecular formula is C15H21NO2.